The van der Waals surface area contributed by atoms with Crippen molar-refractivity contribution in [3.63, 3.8) is 0 Å². The van der Waals surface area contributed by atoms with Crippen LogP contribution in [0, 0.1) is 5.92 Å². The van der Waals surface area contributed by atoms with Crippen molar-refractivity contribution in [3.8, 4) is 11.5 Å². The van der Waals surface area contributed by atoms with Gasteiger partial charge in [-0.1, -0.05) is 0 Å². The quantitative estimate of drug-likeness (QED) is 0.659. The molecule has 3 heterocycles. The van der Waals surface area contributed by atoms with Crippen LogP contribution in [0.2, 0.25) is 0 Å². The van der Waals surface area contributed by atoms with Gasteiger partial charge in [-0.3, -0.25) is 14.5 Å². The van der Waals surface area contributed by atoms with Gasteiger partial charge in [0, 0.05) is 18.0 Å². The second-order valence-corrected chi connectivity index (χ2v) is 8.70. The molecule has 0 aliphatic carbocycles. The highest BCUT2D eigenvalue weighted by atomic mass is 16.5. The number of nitrogens with one attached hydrogen (secondary N) is 1. The SMILES string of the molecule is COc1ccc(OC)c(C2CCCN2C(=O)CN2CCC(C(=O)NCc3ccco3)CC2)c1. The van der Waals surface area contributed by atoms with Crippen LogP contribution in [0.25, 0.3) is 0 Å². The van der Waals surface area contributed by atoms with Gasteiger partial charge in [0.2, 0.25) is 11.8 Å². The zero-order valence-corrected chi connectivity index (χ0v) is 19.4. The third-order valence-corrected chi connectivity index (χ3v) is 6.70. The van der Waals surface area contributed by atoms with Crippen molar-refractivity contribution in [2.45, 2.75) is 38.3 Å². The molecule has 8 nitrogen and oxygen atoms in total. The predicted octanol–water partition coefficient (Wildman–Crippen LogP) is 2.99. The first-order chi connectivity index (χ1) is 16.1. The maximum absolute atomic E-state index is 13.2. The first kappa shape index (κ1) is 23.2. The maximum atomic E-state index is 13.2. The largest absolute Gasteiger partial charge is 0.497 e. The molecule has 2 fully saturated rings. The summed E-state index contributed by atoms with van der Waals surface area (Å²) in [7, 11) is 3.30. The summed E-state index contributed by atoms with van der Waals surface area (Å²) in [6, 6.07) is 9.40. The fraction of sp³-hybridized carbons (Fsp3) is 0.520. The van der Waals surface area contributed by atoms with Crippen LogP contribution in [-0.4, -0.2) is 62.0 Å². The summed E-state index contributed by atoms with van der Waals surface area (Å²) in [6.45, 7) is 3.02. The Labute approximate surface area is 194 Å². The number of methoxy groups -OCH3 is 2. The van der Waals surface area contributed by atoms with E-state index in [0.717, 1.165) is 68.1 Å². The fourth-order valence-electron chi connectivity index (χ4n) is 4.86. The summed E-state index contributed by atoms with van der Waals surface area (Å²) in [5, 5.41) is 2.95. The fourth-order valence-corrected chi connectivity index (χ4v) is 4.86. The second-order valence-electron chi connectivity index (χ2n) is 8.70. The highest BCUT2D eigenvalue weighted by molar-refractivity contribution is 5.80. The second kappa shape index (κ2) is 10.7. The molecule has 0 radical (unpaired) electrons. The molecule has 1 aromatic heterocycles. The summed E-state index contributed by atoms with van der Waals surface area (Å²) in [5.74, 6) is 2.45. The molecular weight excluding hydrogens is 422 g/mol. The van der Waals surface area contributed by atoms with Gasteiger partial charge in [0.25, 0.3) is 0 Å². The molecule has 178 valence electrons. The highest BCUT2D eigenvalue weighted by Crippen LogP contribution is 2.39. The zero-order chi connectivity index (χ0) is 23.2. The zero-order valence-electron chi connectivity index (χ0n) is 19.4. The molecule has 4 rings (SSSR count). The Kier molecular flexibility index (Phi) is 7.54. The van der Waals surface area contributed by atoms with E-state index < -0.39 is 0 Å². The molecule has 8 heteroatoms. The maximum Gasteiger partial charge on any atom is 0.237 e. The Bertz CT molecular complexity index is 938. The number of furan rings is 1. The number of hydrogen-bond donors (Lipinski definition) is 1. The number of piperidine rings is 1. The van der Waals surface area contributed by atoms with E-state index in [1.807, 2.05) is 35.2 Å². The number of carbonyl (C=O) groups excluding carboxylic acids is 2. The number of benzene rings is 1. The van der Waals surface area contributed by atoms with Gasteiger partial charge >= 0.3 is 0 Å². The van der Waals surface area contributed by atoms with E-state index >= 15 is 0 Å². The van der Waals surface area contributed by atoms with E-state index in [1.54, 1.807) is 20.5 Å². The molecule has 1 N–H and O–H groups in total. The summed E-state index contributed by atoms with van der Waals surface area (Å²) >= 11 is 0. The molecule has 0 saturated carbocycles. The van der Waals surface area contributed by atoms with Gasteiger partial charge < -0.3 is 24.1 Å². The van der Waals surface area contributed by atoms with Gasteiger partial charge in [-0.05, 0) is 69.1 Å². The minimum atomic E-state index is -0.0214. The van der Waals surface area contributed by atoms with Crippen LogP contribution in [0.5, 0.6) is 11.5 Å². The normalized spacial score (nSPS) is 19.5. The number of amides is 2. The van der Waals surface area contributed by atoms with Crippen LogP contribution in [0.1, 0.15) is 43.0 Å². The van der Waals surface area contributed by atoms with Crippen molar-refractivity contribution in [1.82, 2.24) is 15.1 Å². The van der Waals surface area contributed by atoms with Crippen molar-refractivity contribution in [1.29, 1.82) is 0 Å². The Hall–Kier alpha value is -3.00. The molecule has 33 heavy (non-hydrogen) atoms. The van der Waals surface area contributed by atoms with Crippen LogP contribution in [0.15, 0.2) is 41.0 Å². The van der Waals surface area contributed by atoms with Gasteiger partial charge in [-0.15, -0.1) is 0 Å². The molecular formula is C25H33N3O5. The smallest absolute Gasteiger partial charge is 0.237 e. The van der Waals surface area contributed by atoms with Crippen LogP contribution in [0.4, 0.5) is 0 Å². The predicted molar refractivity (Wildman–Crippen MR) is 123 cm³/mol. The average Bonchev–Trinajstić information content (AvgIpc) is 3.55. The number of nitrogens with zero attached hydrogens (tertiary/aromatic N) is 2. The van der Waals surface area contributed by atoms with Crippen LogP contribution in [-0.2, 0) is 16.1 Å². The molecule has 2 saturated heterocycles. The number of carbonyl (C=O) groups is 2. The first-order valence-corrected chi connectivity index (χ1v) is 11.6. The van der Waals surface area contributed by atoms with Crippen molar-refractivity contribution in [3.05, 3.63) is 47.9 Å². The van der Waals surface area contributed by atoms with Gasteiger partial charge in [-0.25, -0.2) is 0 Å². The van der Waals surface area contributed by atoms with Crippen molar-refractivity contribution in [2.24, 2.45) is 5.92 Å². The van der Waals surface area contributed by atoms with Gasteiger partial charge in [0.1, 0.15) is 17.3 Å². The molecule has 1 unspecified atom stereocenters. The van der Waals surface area contributed by atoms with E-state index in [9.17, 15) is 9.59 Å². The summed E-state index contributed by atoms with van der Waals surface area (Å²) in [4.78, 5) is 29.8. The topological polar surface area (TPSA) is 84.2 Å². The van der Waals surface area contributed by atoms with Crippen molar-refractivity contribution >= 4 is 11.8 Å². The molecule has 2 aliphatic rings. The van der Waals surface area contributed by atoms with Crippen molar-refractivity contribution in [2.75, 3.05) is 40.4 Å². The van der Waals surface area contributed by atoms with Crippen LogP contribution >= 0.6 is 0 Å². The monoisotopic (exact) mass is 455 g/mol. The van der Waals surface area contributed by atoms with Crippen LogP contribution in [0.3, 0.4) is 0 Å². The number of ether oxygens (including phenoxy) is 2. The Morgan fingerprint density at radius 2 is 1.91 bits per heavy atom. The Morgan fingerprint density at radius 3 is 2.61 bits per heavy atom. The summed E-state index contributed by atoms with van der Waals surface area (Å²) in [6.07, 6.45) is 4.99. The van der Waals surface area contributed by atoms with Crippen molar-refractivity contribution < 1.29 is 23.5 Å². The lowest BCUT2D eigenvalue weighted by atomic mass is 9.96. The number of likely N-dealkylation sites (tertiary alicyclic amines) is 2. The van der Waals surface area contributed by atoms with E-state index in [-0.39, 0.29) is 23.8 Å². The first-order valence-electron chi connectivity index (χ1n) is 11.6. The van der Waals surface area contributed by atoms with E-state index in [1.165, 1.54) is 0 Å². The van der Waals surface area contributed by atoms with Gasteiger partial charge in [0.05, 0.1) is 39.6 Å². The lowest BCUT2D eigenvalue weighted by Gasteiger charge is -2.33. The van der Waals surface area contributed by atoms with Gasteiger partial charge in [0.15, 0.2) is 0 Å². The molecule has 1 aromatic carbocycles. The van der Waals surface area contributed by atoms with Gasteiger partial charge in [-0.2, -0.15) is 0 Å². The Balaban J connectivity index is 1.30. The molecule has 2 aliphatic heterocycles. The van der Waals surface area contributed by atoms with E-state index in [2.05, 4.69) is 10.2 Å². The molecule has 0 bridgehead atoms. The Morgan fingerprint density at radius 1 is 1.09 bits per heavy atom. The molecule has 1 atom stereocenters. The van der Waals surface area contributed by atoms with Crippen LogP contribution < -0.4 is 14.8 Å². The van der Waals surface area contributed by atoms with E-state index in [0.29, 0.717) is 13.1 Å². The summed E-state index contributed by atoms with van der Waals surface area (Å²) in [5.41, 5.74) is 0.995. The number of hydrogen-bond acceptors (Lipinski definition) is 6. The highest BCUT2D eigenvalue weighted by Gasteiger charge is 2.34. The van der Waals surface area contributed by atoms with E-state index in [4.69, 9.17) is 13.9 Å². The molecule has 2 aromatic rings. The minimum absolute atomic E-state index is 0.00697. The third kappa shape index (κ3) is 5.50. The lowest BCUT2D eigenvalue weighted by Crippen LogP contribution is -2.45. The average molecular weight is 456 g/mol. The standard InChI is InChI=1S/C25H33N3O5/c1-31-19-7-8-23(32-2)21(15-19)22-6-3-11-28(22)24(29)17-27-12-9-18(10-13-27)25(30)26-16-20-5-4-14-33-20/h4-5,7-8,14-15,18,22H,3,6,9-13,16-17H2,1-2H3,(H,26,30). The molecule has 0 spiro atoms. The molecule has 2 amide bonds. The lowest BCUT2D eigenvalue weighted by molar-refractivity contribution is -0.134. The summed E-state index contributed by atoms with van der Waals surface area (Å²) < 4.78 is 16.2. The number of rotatable bonds is 8. The minimum Gasteiger partial charge on any atom is -0.497 e. The third-order valence-electron chi connectivity index (χ3n) is 6.70.